The van der Waals surface area contributed by atoms with E-state index in [1.165, 1.54) is 9.80 Å². The van der Waals surface area contributed by atoms with Crippen molar-refractivity contribution in [1.29, 1.82) is 0 Å². The molecule has 0 radical (unpaired) electrons. The Labute approximate surface area is 267 Å². The fraction of sp³-hybridized carbons (Fsp3) is 0.545. The standard InChI is InChI=1S/C33H41ClF2N2O7/c1-32(2,3)44-30(41)37-17-21-16-22(26(29(39)40)25(18-37)38(21)31(42)45-33(4,5)6)20-11-9-19(10-12-20)8-7-15-43-28-24(36)14-13-23(35)27(28)34/h9-14,21-22,25-26H,7-8,15-18H2,1-6H3,(H,39,40). The van der Waals surface area contributed by atoms with Crippen LogP contribution in [0, 0.1) is 17.6 Å². The second kappa shape index (κ2) is 13.4. The molecule has 2 aliphatic heterocycles. The van der Waals surface area contributed by atoms with E-state index in [0.29, 0.717) is 19.3 Å². The van der Waals surface area contributed by atoms with Crippen LogP contribution in [0.1, 0.15) is 71.4 Å². The molecule has 2 aromatic carbocycles. The van der Waals surface area contributed by atoms with Gasteiger partial charge in [-0.2, -0.15) is 0 Å². The molecule has 246 valence electrons. The second-order valence-corrected chi connectivity index (χ2v) is 13.9. The molecule has 4 unspecified atom stereocenters. The summed E-state index contributed by atoms with van der Waals surface area (Å²) < 4.78 is 44.3. The molecule has 2 fully saturated rings. The van der Waals surface area contributed by atoms with Gasteiger partial charge in [-0.15, -0.1) is 0 Å². The quantitative estimate of drug-likeness (QED) is 0.253. The van der Waals surface area contributed by atoms with Crippen LogP contribution in [0.4, 0.5) is 18.4 Å². The number of amides is 2. The number of halogens is 3. The summed E-state index contributed by atoms with van der Waals surface area (Å²) in [6.45, 7) is 10.8. The van der Waals surface area contributed by atoms with E-state index < -0.39 is 69.9 Å². The number of piperazine rings is 1. The van der Waals surface area contributed by atoms with Crippen molar-refractivity contribution in [2.75, 3.05) is 19.7 Å². The first-order valence-corrected chi connectivity index (χ1v) is 15.4. The highest BCUT2D eigenvalue weighted by molar-refractivity contribution is 6.32. The minimum absolute atomic E-state index is 0.00781. The van der Waals surface area contributed by atoms with Gasteiger partial charge in [0.1, 0.15) is 22.0 Å². The summed E-state index contributed by atoms with van der Waals surface area (Å²) >= 11 is 5.82. The summed E-state index contributed by atoms with van der Waals surface area (Å²) in [5.74, 6) is -4.33. The fourth-order valence-corrected chi connectivity index (χ4v) is 6.17. The third-order valence-electron chi connectivity index (χ3n) is 7.77. The molecule has 2 saturated heterocycles. The summed E-state index contributed by atoms with van der Waals surface area (Å²) in [6, 6.07) is 8.12. The maximum Gasteiger partial charge on any atom is 0.410 e. The first-order valence-electron chi connectivity index (χ1n) is 15.0. The van der Waals surface area contributed by atoms with Gasteiger partial charge in [-0.1, -0.05) is 35.9 Å². The van der Waals surface area contributed by atoms with Crippen LogP contribution in [-0.4, -0.2) is 76.0 Å². The summed E-state index contributed by atoms with van der Waals surface area (Å²) in [7, 11) is 0. The molecular weight excluding hydrogens is 610 g/mol. The number of likely N-dealkylation sites (tertiary alicyclic amines) is 1. The van der Waals surface area contributed by atoms with Gasteiger partial charge < -0.3 is 24.2 Å². The number of piperidine rings is 1. The van der Waals surface area contributed by atoms with E-state index in [1.807, 2.05) is 24.3 Å². The number of nitrogens with zero attached hydrogens (tertiary/aromatic N) is 2. The molecule has 0 aliphatic carbocycles. The van der Waals surface area contributed by atoms with E-state index >= 15 is 0 Å². The van der Waals surface area contributed by atoms with Crippen LogP contribution < -0.4 is 4.74 Å². The van der Waals surface area contributed by atoms with Crippen molar-refractivity contribution < 1.29 is 42.5 Å². The van der Waals surface area contributed by atoms with E-state index in [2.05, 4.69) is 0 Å². The van der Waals surface area contributed by atoms with E-state index in [0.717, 1.165) is 23.3 Å². The first-order chi connectivity index (χ1) is 20.9. The van der Waals surface area contributed by atoms with Crippen molar-refractivity contribution in [1.82, 2.24) is 9.80 Å². The summed E-state index contributed by atoms with van der Waals surface area (Å²) in [5, 5.41) is 10.1. The molecule has 2 bridgehead atoms. The van der Waals surface area contributed by atoms with E-state index in [4.69, 9.17) is 25.8 Å². The number of benzene rings is 2. The number of rotatable bonds is 7. The highest BCUT2D eigenvalue weighted by Gasteiger charge is 2.54. The van der Waals surface area contributed by atoms with Gasteiger partial charge in [0.25, 0.3) is 0 Å². The lowest BCUT2D eigenvalue weighted by atomic mass is 9.71. The number of carbonyl (C=O) groups is 3. The van der Waals surface area contributed by atoms with Crippen molar-refractivity contribution in [2.24, 2.45) is 5.92 Å². The topological polar surface area (TPSA) is 106 Å². The molecule has 12 heteroatoms. The largest absolute Gasteiger partial charge is 0.489 e. The minimum Gasteiger partial charge on any atom is -0.489 e. The van der Waals surface area contributed by atoms with Crippen LogP contribution in [0.3, 0.4) is 0 Å². The molecule has 0 saturated carbocycles. The third-order valence-corrected chi connectivity index (χ3v) is 8.12. The maximum absolute atomic E-state index is 14.0. The summed E-state index contributed by atoms with van der Waals surface area (Å²) in [6.07, 6.45) is 0.217. The van der Waals surface area contributed by atoms with Crippen molar-refractivity contribution >= 4 is 29.8 Å². The second-order valence-electron chi connectivity index (χ2n) is 13.6. The van der Waals surface area contributed by atoms with Gasteiger partial charge in [0, 0.05) is 19.0 Å². The fourth-order valence-electron chi connectivity index (χ4n) is 5.96. The van der Waals surface area contributed by atoms with Gasteiger partial charge in [0.15, 0.2) is 11.6 Å². The van der Waals surface area contributed by atoms with Crippen LogP contribution in [0.5, 0.6) is 5.75 Å². The number of carbonyl (C=O) groups excluding carboxylic acids is 2. The average molecular weight is 651 g/mol. The zero-order valence-corrected chi connectivity index (χ0v) is 27.2. The Morgan fingerprint density at radius 2 is 1.51 bits per heavy atom. The van der Waals surface area contributed by atoms with Crippen molar-refractivity contribution in [3.8, 4) is 5.75 Å². The predicted octanol–water partition coefficient (Wildman–Crippen LogP) is 7.04. The molecule has 4 atom stereocenters. The Bertz CT molecular complexity index is 1410. The number of hydrogen-bond donors (Lipinski definition) is 1. The minimum atomic E-state index is -1.08. The van der Waals surface area contributed by atoms with E-state index in [-0.39, 0.29) is 25.4 Å². The molecule has 0 spiro atoms. The number of hydrogen-bond acceptors (Lipinski definition) is 6. The Morgan fingerprint density at radius 3 is 2.11 bits per heavy atom. The Hall–Kier alpha value is -3.60. The third kappa shape index (κ3) is 8.36. The molecule has 2 aromatic rings. The van der Waals surface area contributed by atoms with Crippen LogP contribution in [0.2, 0.25) is 5.02 Å². The van der Waals surface area contributed by atoms with Crippen LogP contribution >= 0.6 is 11.6 Å². The number of carboxylic acid groups (broad SMARTS) is 1. The average Bonchev–Trinajstić information content (AvgIpc) is 2.92. The monoisotopic (exact) mass is 650 g/mol. The van der Waals surface area contributed by atoms with Crippen LogP contribution in [0.15, 0.2) is 36.4 Å². The molecular formula is C33H41ClF2N2O7. The predicted molar refractivity (Wildman–Crippen MR) is 164 cm³/mol. The summed E-state index contributed by atoms with van der Waals surface area (Å²) in [5.41, 5.74) is 0.229. The number of fused-ring (bicyclic) bond motifs is 2. The number of ether oxygens (including phenoxy) is 3. The van der Waals surface area contributed by atoms with Gasteiger partial charge >= 0.3 is 18.2 Å². The van der Waals surface area contributed by atoms with E-state index in [1.54, 1.807) is 41.5 Å². The van der Waals surface area contributed by atoms with Gasteiger partial charge in [-0.25, -0.2) is 18.4 Å². The zero-order valence-electron chi connectivity index (χ0n) is 26.4. The zero-order chi connectivity index (χ0) is 33.3. The van der Waals surface area contributed by atoms with Crippen LogP contribution in [0.25, 0.3) is 0 Å². The maximum atomic E-state index is 14.0. The number of carboxylic acids is 1. The van der Waals surface area contributed by atoms with Crippen molar-refractivity contribution in [2.45, 2.75) is 90.0 Å². The van der Waals surface area contributed by atoms with E-state index in [9.17, 15) is 28.3 Å². The molecule has 9 nitrogen and oxygen atoms in total. The molecule has 4 rings (SSSR count). The Morgan fingerprint density at radius 1 is 0.911 bits per heavy atom. The lowest BCUT2D eigenvalue weighted by Crippen LogP contribution is -2.69. The first kappa shape index (κ1) is 34.3. The molecule has 45 heavy (non-hydrogen) atoms. The Balaban J connectivity index is 1.50. The van der Waals surface area contributed by atoms with Gasteiger partial charge in [-0.3, -0.25) is 9.69 Å². The number of aliphatic carboxylic acids is 1. The Kier molecular flexibility index (Phi) is 10.2. The number of aryl methyl sites for hydroxylation is 1. The highest BCUT2D eigenvalue weighted by Crippen LogP contribution is 2.44. The molecule has 0 aromatic heterocycles. The SMILES string of the molecule is CC(C)(C)OC(=O)N1CC2CC(c3ccc(CCCOc4c(F)ccc(F)c4Cl)cc3)C(C(=O)O)C(C1)N2C(=O)OC(C)(C)C. The van der Waals surface area contributed by atoms with Crippen molar-refractivity contribution in [3.63, 3.8) is 0 Å². The smallest absolute Gasteiger partial charge is 0.410 e. The molecule has 2 heterocycles. The van der Waals surface area contributed by atoms with Gasteiger partial charge in [-0.05, 0) is 84.1 Å². The van der Waals surface area contributed by atoms with Crippen LogP contribution in [-0.2, 0) is 20.7 Å². The lowest BCUT2D eigenvalue weighted by molar-refractivity contribution is -0.151. The normalized spacial score (nSPS) is 21.7. The van der Waals surface area contributed by atoms with Crippen molar-refractivity contribution in [3.05, 3.63) is 64.2 Å². The molecule has 2 amide bonds. The highest BCUT2D eigenvalue weighted by atomic mass is 35.5. The lowest BCUT2D eigenvalue weighted by Gasteiger charge is -2.54. The van der Waals surface area contributed by atoms with Gasteiger partial charge in [0.05, 0.1) is 24.6 Å². The van der Waals surface area contributed by atoms with Gasteiger partial charge in [0.2, 0.25) is 0 Å². The molecule has 1 N–H and O–H groups in total. The summed E-state index contributed by atoms with van der Waals surface area (Å²) in [4.78, 5) is 42.2. The molecule has 2 aliphatic rings.